The van der Waals surface area contributed by atoms with Crippen molar-refractivity contribution in [2.75, 3.05) is 19.7 Å². The van der Waals surface area contributed by atoms with Crippen molar-refractivity contribution in [3.8, 4) is 34.2 Å². The second-order valence-corrected chi connectivity index (χ2v) is 8.12. The molecule has 0 bridgehead atoms. The van der Waals surface area contributed by atoms with Gasteiger partial charge < -0.3 is 10.1 Å². The molecule has 1 aliphatic heterocycles. The number of rotatable bonds is 5. The number of pyridine rings is 1. The van der Waals surface area contributed by atoms with Crippen LogP contribution >= 0.6 is 0 Å². The minimum atomic E-state index is -0.554. The highest BCUT2D eigenvalue weighted by Crippen LogP contribution is 2.35. The summed E-state index contributed by atoms with van der Waals surface area (Å²) in [6, 6.07) is 14.3. The standard InChI is InChI=1S/C25H22FN5O/c1-31-14-20-8-18(4-5-24(20)30-31)25-22(17-2-3-19(11-27)23(26)9-17)10-21(13-29-25)32-15-16-6-7-28-12-16/h2-5,8-10,13-14,16,28H,6-7,12,15H2,1H3. The minimum Gasteiger partial charge on any atom is -0.492 e. The molecule has 7 heteroatoms. The Morgan fingerprint density at radius 3 is 2.88 bits per heavy atom. The number of nitriles is 1. The van der Waals surface area contributed by atoms with Crippen molar-refractivity contribution in [2.24, 2.45) is 13.0 Å². The maximum absolute atomic E-state index is 14.4. The minimum absolute atomic E-state index is 0.0150. The van der Waals surface area contributed by atoms with Gasteiger partial charge in [-0.05, 0) is 48.9 Å². The quantitative estimate of drug-likeness (QED) is 0.514. The maximum atomic E-state index is 14.4. The number of aromatic nitrogens is 3. The van der Waals surface area contributed by atoms with E-state index < -0.39 is 5.82 Å². The molecule has 0 radical (unpaired) electrons. The van der Waals surface area contributed by atoms with Gasteiger partial charge in [-0.25, -0.2) is 4.39 Å². The molecule has 0 spiro atoms. The molecule has 1 unspecified atom stereocenters. The SMILES string of the molecule is Cn1cc2cc(-c3ncc(OCC4CCNC4)cc3-c3ccc(C#N)c(F)c3)ccc2n1. The van der Waals surface area contributed by atoms with Crippen LogP contribution in [0.2, 0.25) is 0 Å². The van der Waals surface area contributed by atoms with Gasteiger partial charge in [-0.2, -0.15) is 10.4 Å². The first-order valence-corrected chi connectivity index (χ1v) is 10.6. The fraction of sp³-hybridized carbons (Fsp3) is 0.240. The molecule has 4 aromatic rings. The van der Waals surface area contributed by atoms with E-state index >= 15 is 0 Å². The molecule has 0 amide bonds. The first-order chi connectivity index (χ1) is 15.6. The molecule has 1 N–H and O–H groups in total. The summed E-state index contributed by atoms with van der Waals surface area (Å²) in [5.74, 6) is 0.559. The second kappa shape index (κ2) is 8.40. The zero-order chi connectivity index (χ0) is 22.1. The number of nitrogens with one attached hydrogen (secondary N) is 1. The van der Waals surface area contributed by atoms with Crippen LogP contribution in [0.5, 0.6) is 5.75 Å². The van der Waals surface area contributed by atoms with Gasteiger partial charge in [0.2, 0.25) is 0 Å². The molecule has 1 saturated heterocycles. The fourth-order valence-corrected chi connectivity index (χ4v) is 4.12. The van der Waals surface area contributed by atoms with E-state index in [9.17, 15) is 4.39 Å². The van der Waals surface area contributed by atoms with Crippen LogP contribution < -0.4 is 10.1 Å². The third kappa shape index (κ3) is 3.93. The Labute approximate surface area is 185 Å². The molecule has 2 aromatic carbocycles. The average molecular weight is 427 g/mol. The molecule has 0 saturated carbocycles. The third-order valence-electron chi connectivity index (χ3n) is 5.80. The summed E-state index contributed by atoms with van der Waals surface area (Å²) in [5, 5.41) is 17.9. The number of halogens is 1. The van der Waals surface area contributed by atoms with Crippen LogP contribution in [0, 0.1) is 23.1 Å². The van der Waals surface area contributed by atoms with Gasteiger partial charge in [0.15, 0.2) is 0 Å². The number of nitrogens with zero attached hydrogens (tertiary/aromatic N) is 4. The van der Waals surface area contributed by atoms with Gasteiger partial charge in [-0.15, -0.1) is 0 Å². The Hall–Kier alpha value is -3.76. The maximum Gasteiger partial charge on any atom is 0.141 e. The molecule has 5 rings (SSSR count). The van der Waals surface area contributed by atoms with E-state index in [0.717, 1.165) is 47.2 Å². The Kier molecular flexibility index (Phi) is 5.29. The summed E-state index contributed by atoms with van der Waals surface area (Å²) in [5.41, 5.74) is 3.92. The van der Waals surface area contributed by atoms with E-state index in [1.54, 1.807) is 16.9 Å². The van der Waals surface area contributed by atoms with Crippen molar-refractivity contribution >= 4 is 10.9 Å². The summed E-state index contributed by atoms with van der Waals surface area (Å²) in [6.45, 7) is 2.57. The summed E-state index contributed by atoms with van der Waals surface area (Å²) in [6.07, 6.45) is 4.76. The Morgan fingerprint density at radius 2 is 2.09 bits per heavy atom. The Bertz CT molecular complexity index is 1330. The van der Waals surface area contributed by atoms with Crippen LogP contribution in [0.25, 0.3) is 33.3 Å². The van der Waals surface area contributed by atoms with Crippen molar-refractivity contribution in [3.63, 3.8) is 0 Å². The van der Waals surface area contributed by atoms with Crippen LogP contribution in [0.3, 0.4) is 0 Å². The van der Waals surface area contributed by atoms with E-state index in [0.29, 0.717) is 23.8 Å². The molecule has 1 atom stereocenters. The lowest BCUT2D eigenvalue weighted by Crippen LogP contribution is -2.15. The predicted octanol–water partition coefficient (Wildman–Crippen LogP) is 4.30. The smallest absolute Gasteiger partial charge is 0.141 e. The van der Waals surface area contributed by atoms with E-state index in [4.69, 9.17) is 15.0 Å². The molecule has 0 aliphatic carbocycles. The number of aryl methyl sites for hydroxylation is 1. The highest BCUT2D eigenvalue weighted by Gasteiger charge is 2.17. The van der Waals surface area contributed by atoms with Gasteiger partial charge in [0, 0.05) is 42.2 Å². The molecule has 32 heavy (non-hydrogen) atoms. The molecule has 3 heterocycles. The highest BCUT2D eigenvalue weighted by molar-refractivity contribution is 5.88. The molecular weight excluding hydrogens is 405 g/mol. The lowest BCUT2D eigenvalue weighted by molar-refractivity contribution is 0.259. The summed E-state index contributed by atoms with van der Waals surface area (Å²) < 4.78 is 22.2. The van der Waals surface area contributed by atoms with Crippen molar-refractivity contribution in [1.82, 2.24) is 20.1 Å². The van der Waals surface area contributed by atoms with Gasteiger partial charge in [0.25, 0.3) is 0 Å². The van der Waals surface area contributed by atoms with Gasteiger partial charge in [0.05, 0.1) is 29.6 Å². The van der Waals surface area contributed by atoms with E-state index in [1.807, 2.05) is 43.6 Å². The zero-order valence-corrected chi connectivity index (χ0v) is 17.7. The van der Waals surface area contributed by atoms with Crippen molar-refractivity contribution in [1.29, 1.82) is 5.26 Å². The Balaban J connectivity index is 1.57. The number of hydrogen-bond donors (Lipinski definition) is 1. The van der Waals surface area contributed by atoms with Gasteiger partial charge in [-0.3, -0.25) is 9.67 Å². The largest absolute Gasteiger partial charge is 0.492 e. The van der Waals surface area contributed by atoms with E-state index in [1.165, 1.54) is 12.1 Å². The summed E-state index contributed by atoms with van der Waals surface area (Å²) in [7, 11) is 1.88. The first kappa shape index (κ1) is 20.2. The van der Waals surface area contributed by atoms with Crippen LogP contribution in [-0.4, -0.2) is 34.5 Å². The fourth-order valence-electron chi connectivity index (χ4n) is 4.12. The van der Waals surface area contributed by atoms with Crippen LogP contribution in [0.1, 0.15) is 12.0 Å². The summed E-state index contributed by atoms with van der Waals surface area (Å²) in [4.78, 5) is 4.70. The van der Waals surface area contributed by atoms with Crippen molar-refractivity contribution < 1.29 is 9.13 Å². The molecule has 6 nitrogen and oxygen atoms in total. The molecular formula is C25H22FN5O. The lowest BCUT2D eigenvalue weighted by Gasteiger charge is -2.15. The van der Waals surface area contributed by atoms with Gasteiger partial charge in [0.1, 0.15) is 17.6 Å². The molecule has 2 aromatic heterocycles. The number of fused-ring (bicyclic) bond motifs is 1. The predicted molar refractivity (Wildman–Crippen MR) is 121 cm³/mol. The third-order valence-corrected chi connectivity index (χ3v) is 5.80. The van der Waals surface area contributed by atoms with Gasteiger partial charge >= 0.3 is 0 Å². The van der Waals surface area contributed by atoms with E-state index in [2.05, 4.69) is 10.4 Å². The zero-order valence-electron chi connectivity index (χ0n) is 17.7. The molecule has 160 valence electrons. The van der Waals surface area contributed by atoms with Crippen LogP contribution in [-0.2, 0) is 7.05 Å². The summed E-state index contributed by atoms with van der Waals surface area (Å²) >= 11 is 0. The van der Waals surface area contributed by atoms with Crippen molar-refractivity contribution in [2.45, 2.75) is 6.42 Å². The molecule has 1 fully saturated rings. The topological polar surface area (TPSA) is 75.8 Å². The molecule has 1 aliphatic rings. The number of benzene rings is 2. The van der Waals surface area contributed by atoms with Gasteiger partial charge in [-0.1, -0.05) is 12.1 Å². The number of ether oxygens (including phenoxy) is 1. The Morgan fingerprint density at radius 1 is 1.22 bits per heavy atom. The van der Waals surface area contributed by atoms with E-state index in [-0.39, 0.29) is 5.56 Å². The highest BCUT2D eigenvalue weighted by atomic mass is 19.1. The van der Waals surface area contributed by atoms with Crippen LogP contribution in [0.15, 0.2) is 54.9 Å². The number of hydrogen-bond acceptors (Lipinski definition) is 5. The first-order valence-electron chi connectivity index (χ1n) is 10.6. The average Bonchev–Trinajstić information content (AvgIpc) is 3.45. The van der Waals surface area contributed by atoms with Crippen molar-refractivity contribution in [3.05, 3.63) is 66.2 Å². The lowest BCUT2D eigenvalue weighted by atomic mass is 9.97. The van der Waals surface area contributed by atoms with Crippen LogP contribution in [0.4, 0.5) is 4.39 Å². The monoisotopic (exact) mass is 427 g/mol. The second-order valence-electron chi connectivity index (χ2n) is 8.12. The normalized spacial score (nSPS) is 15.7.